The van der Waals surface area contributed by atoms with E-state index in [2.05, 4.69) is 15.2 Å². The fourth-order valence-electron chi connectivity index (χ4n) is 2.99. The number of aliphatic imine (C=N–C) groups is 1. The first-order valence-electron chi connectivity index (χ1n) is 7.72. The van der Waals surface area contributed by atoms with Crippen LogP contribution in [0.2, 0.25) is 0 Å². The van der Waals surface area contributed by atoms with Gasteiger partial charge in [0.2, 0.25) is 0 Å². The Morgan fingerprint density at radius 3 is 2.76 bits per heavy atom. The molecular weight excluding hydrogens is 269 g/mol. The maximum atomic E-state index is 14.4. The largest absolute Gasteiger partial charge is 0.396 e. The zero-order chi connectivity index (χ0) is 14.7. The van der Waals surface area contributed by atoms with Crippen LogP contribution in [0.3, 0.4) is 0 Å². The van der Waals surface area contributed by atoms with Crippen molar-refractivity contribution in [1.29, 1.82) is 0 Å². The topological polar surface area (TPSA) is 47.9 Å². The molecule has 3 rings (SSSR count). The van der Waals surface area contributed by atoms with Crippen molar-refractivity contribution in [3.05, 3.63) is 29.6 Å². The third-order valence-electron chi connectivity index (χ3n) is 4.33. The van der Waals surface area contributed by atoms with Crippen LogP contribution in [0.25, 0.3) is 0 Å². The normalized spacial score (nSPS) is 20.1. The van der Waals surface area contributed by atoms with Crippen LogP contribution in [0.4, 0.5) is 10.1 Å². The lowest BCUT2D eigenvalue weighted by molar-refractivity contribution is 0.203. The van der Waals surface area contributed by atoms with Gasteiger partial charge in [0.15, 0.2) is 0 Å². The minimum absolute atomic E-state index is 0.190. The summed E-state index contributed by atoms with van der Waals surface area (Å²) in [5.74, 6) is 0.972. The predicted molar refractivity (Wildman–Crippen MR) is 82.4 cm³/mol. The van der Waals surface area contributed by atoms with E-state index in [1.807, 2.05) is 12.1 Å². The monoisotopic (exact) mass is 291 g/mol. The average Bonchev–Trinajstić information content (AvgIpc) is 2.56. The molecular formula is C16H22FN3O. The molecule has 0 bridgehead atoms. The molecule has 0 aliphatic carbocycles. The molecule has 21 heavy (non-hydrogen) atoms. The fraction of sp³-hybridized carbons (Fsp3) is 0.562. The maximum absolute atomic E-state index is 14.4. The van der Waals surface area contributed by atoms with Crippen LogP contribution in [-0.2, 0) is 0 Å². The molecule has 1 fully saturated rings. The molecule has 0 unspecified atom stereocenters. The molecule has 1 saturated heterocycles. The summed E-state index contributed by atoms with van der Waals surface area (Å²) in [5.41, 5.74) is 1.48. The summed E-state index contributed by atoms with van der Waals surface area (Å²) in [6, 6.07) is 5.36. The van der Waals surface area contributed by atoms with Crippen LogP contribution in [0, 0.1) is 11.7 Å². The van der Waals surface area contributed by atoms with Gasteiger partial charge in [0.05, 0.1) is 5.69 Å². The molecule has 1 aromatic carbocycles. The zero-order valence-corrected chi connectivity index (χ0v) is 12.2. The van der Waals surface area contributed by atoms with Gasteiger partial charge in [-0.1, -0.05) is 0 Å². The molecule has 2 N–H and O–H groups in total. The van der Waals surface area contributed by atoms with Gasteiger partial charge in [0.25, 0.3) is 0 Å². The summed E-state index contributed by atoms with van der Waals surface area (Å²) < 4.78 is 14.4. The summed E-state index contributed by atoms with van der Waals surface area (Å²) in [5, 5.41) is 12.4. The molecule has 0 radical (unpaired) electrons. The van der Waals surface area contributed by atoms with Crippen molar-refractivity contribution in [1.82, 2.24) is 5.32 Å². The Hall–Kier alpha value is -1.62. The van der Waals surface area contributed by atoms with E-state index < -0.39 is 0 Å². The van der Waals surface area contributed by atoms with Crippen LogP contribution < -0.4 is 10.2 Å². The van der Waals surface area contributed by atoms with Crippen molar-refractivity contribution in [3.8, 4) is 0 Å². The van der Waals surface area contributed by atoms with E-state index >= 15 is 0 Å². The van der Waals surface area contributed by atoms with Crippen LogP contribution in [0.5, 0.6) is 0 Å². The second-order valence-electron chi connectivity index (χ2n) is 5.79. The van der Waals surface area contributed by atoms with Crippen molar-refractivity contribution in [2.45, 2.75) is 19.3 Å². The molecule has 2 aliphatic heterocycles. The number of rotatable bonds is 3. The molecule has 2 heterocycles. The number of aliphatic hydroxyl groups excluding tert-OH is 1. The molecule has 0 atom stereocenters. The van der Waals surface area contributed by atoms with E-state index in [0.29, 0.717) is 11.6 Å². The van der Waals surface area contributed by atoms with Crippen molar-refractivity contribution < 1.29 is 9.50 Å². The molecule has 0 saturated carbocycles. The van der Waals surface area contributed by atoms with Gasteiger partial charge in [-0.3, -0.25) is 4.99 Å². The third-order valence-corrected chi connectivity index (χ3v) is 4.33. The van der Waals surface area contributed by atoms with Crippen molar-refractivity contribution in [3.63, 3.8) is 0 Å². The number of aliphatic hydroxyl groups is 1. The summed E-state index contributed by atoms with van der Waals surface area (Å²) in [7, 11) is 0. The number of nitrogens with one attached hydrogen (secondary N) is 1. The fourth-order valence-corrected chi connectivity index (χ4v) is 2.99. The maximum Gasteiger partial charge on any atom is 0.147 e. The first kappa shape index (κ1) is 14.3. The highest BCUT2D eigenvalue weighted by Gasteiger charge is 2.21. The predicted octanol–water partition coefficient (Wildman–Crippen LogP) is 1.77. The van der Waals surface area contributed by atoms with Gasteiger partial charge < -0.3 is 15.3 Å². The lowest BCUT2D eigenvalue weighted by Gasteiger charge is -2.33. The van der Waals surface area contributed by atoms with Gasteiger partial charge in [-0.15, -0.1) is 0 Å². The Kier molecular flexibility index (Phi) is 4.39. The molecule has 2 aliphatic rings. The molecule has 0 spiro atoms. The van der Waals surface area contributed by atoms with Crippen molar-refractivity contribution in [2.24, 2.45) is 10.9 Å². The van der Waals surface area contributed by atoms with Gasteiger partial charge >= 0.3 is 0 Å². The number of hydrogen-bond donors (Lipinski definition) is 2. The zero-order valence-electron chi connectivity index (χ0n) is 12.2. The number of anilines is 1. The Bertz CT molecular complexity index is 524. The number of piperidine rings is 1. The Labute approximate surface area is 124 Å². The number of hydrogen-bond acceptors (Lipinski definition) is 4. The van der Waals surface area contributed by atoms with Crippen molar-refractivity contribution in [2.75, 3.05) is 37.7 Å². The van der Waals surface area contributed by atoms with E-state index in [9.17, 15) is 9.50 Å². The third kappa shape index (κ3) is 3.18. The van der Waals surface area contributed by atoms with Gasteiger partial charge in [-0.05, 0) is 43.4 Å². The Balaban J connectivity index is 1.74. The summed E-state index contributed by atoms with van der Waals surface area (Å²) >= 11 is 0. The minimum Gasteiger partial charge on any atom is -0.396 e. The molecule has 0 aromatic heterocycles. The highest BCUT2D eigenvalue weighted by atomic mass is 19.1. The van der Waals surface area contributed by atoms with E-state index in [-0.39, 0.29) is 12.4 Å². The van der Waals surface area contributed by atoms with Gasteiger partial charge in [-0.25, -0.2) is 4.39 Å². The summed E-state index contributed by atoms with van der Waals surface area (Å²) in [6.07, 6.45) is 2.88. The molecule has 114 valence electrons. The van der Waals surface area contributed by atoms with Gasteiger partial charge in [-0.2, -0.15) is 0 Å². The molecule has 4 nitrogen and oxygen atoms in total. The summed E-state index contributed by atoms with van der Waals surface area (Å²) in [6.45, 7) is 3.55. The number of benzene rings is 1. The summed E-state index contributed by atoms with van der Waals surface area (Å²) in [4.78, 5) is 6.47. The minimum atomic E-state index is -0.190. The number of amidine groups is 1. The Morgan fingerprint density at radius 2 is 2.14 bits per heavy atom. The molecule has 1 aromatic rings. The lowest BCUT2D eigenvalue weighted by atomic mass is 9.97. The van der Waals surface area contributed by atoms with Crippen LogP contribution in [0.15, 0.2) is 23.2 Å². The van der Waals surface area contributed by atoms with Crippen molar-refractivity contribution >= 4 is 11.5 Å². The molecule has 5 heteroatoms. The Morgan fingerprint density at radius 1 is 1.33 bits per heavy atom. The SMILES string of the molecule is OCC1CCN(c2ccc(C3=NCCCN3)cc2F)CC1. The van der Waals surface area contributed by atoms with Crippen LogP contribution >= 0.6 is 0 Å². The van der Waals surface area contributed by atoms with Crippen LogP contribution in [-0.4, -0.2) is 43.7 Å². The number of halogens is 1. The van der Waals surface area contributed by atoms with Crippen LogP contribution in [0.1, 0.15) is 24.8 Å². The first-order chi connectivity index (χ1) is 10.3. The first-order valence-corrected chi connectivity index (χ1v) is 7.72. The lowest BCUT2D eigenvalue weighted by Crippen LogP contribution is -2.35. The smallest absolute Gasteiger partial charge is 0.147 e. The standard InChI is InChI=1S/C16H22FN3O/c17-14-10-13(16-18-6-1-7-19-16)2-3-15(14)20-8-4-12(11-21)5-9-20/h2-3,10,12,21H,1,4-9,11H2,(H,18,19). The second-order valence-corrected chi connectivity index (χ2v) is 5.79. The molecule has 0 amide bonds. The van der Waals surface area contributed by atoms with Gasteiger partial charge in [0, 0.05) is 38.3 Å². The average molecular weight is 291 g/mol. The van der Waals surface area contributed by atoms with E-state index in [0.717, 1.165) is 56.8 Å². The quantitative estimate of drug-likeness (QED) is 0.892. The van der Waals surface area contributed by atoms with E-state index in [1.54, 1.807) is 6.07 Å². The van der Waals surface area contributed by atoms with Gasteiger partial charge in [0.1, 0.15) is 11.7 Å². The second kappa shape index (κ2) is 6.43. The van der Waals surface area contributed by atoms with E-state index in [1.165, 1.54) is 0 Å². The highest BCUT2D eigenvalue weighted by molar-refractivity contribution is 5.99. The number of nitrogens with zero attached hydrogens (tertiary/aromatic N) is 2. The highest BCUT2D eigenvalue weighted by Crippen LogP contribution is 2.26. The van der Waals surface area contributed by atoms with E-state index in [4.69, 9.17) is 0 Å².